The molecule has 102 valence electrons. The summed E-state index contributed by atoms with van der Waals surface area (Å²) in [7, 11) is 0. The van der Waals surface area contributed by atoms with Gasteiger partial charge in [-0.3, -0.25) is 0 Å². The lowest BCUT2D eigenvalue weighted by Crippen LogP contribution is -2.41. The summed E-state index contributed by atoms with van der Waals surface area (Å²) in [6.45, 7) is 8.57. The third-order valence-corrected chi connectivity index (χ3v) is 4.96. The van der Waals surface area contributed by atoms with Gasteiger partial charge in [0.1, 0.15) is 0 Å². The molecule has 0 radical (unpaired) electrons. The van der Waals surface area contributed by atoms with Gasteiger partial charge in [-0.1, -0.05) is 0 Å². The summed E-state index contributed by atoms with van der Waals surface area (Å²) in [4.78, 5) is 1.35. The fraction of sp³-hybridized carbons (Fsp3) is 0.714. The van der Waals surface area contributed by atoms with Crippen molar-refractivity contribution in [2.45, 2.75) is 45.3 Å². The molecule has 0 amide bonds. The van der Waals surface area contributed by atoms with Crippen LogP contribution < -0.4 is 5.32 Å². The van der Waals surface area contributed by atoms with E-state index in [1.54, 1.807) is 11.3 Å². The Morgan fingerprint density at radius 3 is 2.89 bits per heavy atom. The minimum Gasteiger partial charge on any atom is -0.372 e. The molecule has 2 nitrogen and oxygen atoms in total. The molecule has 0 saturated carbocycles. The van der Waals surface area contributed by atoms with Crippen molar-refractivity contribution in [3.63, 3.8) is 0 Å². The third kappa shape index (κ3) is 4.05. The number of hydrogen-bond donors (Lipinski definition) is 1. The van der Waals surface area contributed by atoms with E-state index < -0.39 is 0 Å². The summed E-state index contributed by atoms with van der Waals surface area (Å²) in [5, 5.41) is 5.75. The van der Waals surface area contributed by atoms with Crippen molar-refractivity contribution in [3.8, 4) is 0 Å². The molecule has 1 aromatic rings. The molecule has 2 heterocycles. The second kappa shape index (κ2) is 6.04. The van der Waals surface area contributed by atoms with Crippen molar-refractivity contribution >= 4 is 27.3 Å². The molecule has 1 aromatic heterocycles. The lowest BCUT2D eigenvalue weighted by Gasteiger charge is -2.33. The summed E-state index contributed by atoms with van der Waals surface area (Å²) < 4.78 is 7.17. The van der Waals surface area contributed by atoms with E-state index in [1.807, 2.05) is 0 Å². The highest BCUT2D eigenvalue weighted by atomic mass is 79.9. The first-order valence-electron chi connectivity index (χ1n) is 6.56. The highest BCUT2D eigenvalue weighted by Crippen LogP contribution is 2.37. The summed E-state index contributed by atoms with van der Waals surface area (Å²) >= 11 is 5.32. The maximum absolute atomic E-state index is 6.00. The molecular weight excluding hydrogens is 310 g/mol. The molecule has 0 aromatic carbocycles. The SMILES string of the molecule is CC(C)(C)NCC1CCCOC1c1cc(Br)cs1. The Hall–Kier alpha value is 0.1000. The van der Waals surface area contributed by atoms with Crippen molar-refractivity contribution in [2.24, 2.45) is 5.92 Å². The first-order chi connectivity index (χ1) is 8.46. The maximum Gasteiger partial charge on any atom is 0.0957 e. The average molecular weight is 332 g/mol. The van der Waals surface area contributed by atoms with Crippen LogP contribution in [-0.2, 0) is 4.74 Å². The molecule has 2 rings (SSSR count). The maximum atomic E-state index is 6.00. The van der Waals surface area contributed by atoms with Crippen molar-refractivity contribution in [2.75, 3.05) is 13.2 Å². The number of nitrogens with one attached hydrogen (secondary N) is 1. The molecule has 0 bridgehead atoms. The molecule has 0 aliphatic carbocycles. The van der Waals surface area contributed by atoms with Gasteiger partial charge in [-0.2, -0.15) is 0 Å². The minimum absolute atomic E-state index is 0.179. The molecule has 2 unspecified atom stereocenters. The Balaban J connectivity index is 2.02. The second-order valence-electron chi connectivity index (χ2n) is 5.99. The molecular formula is C14H22BrNOS. The minimum atomic E-state index is 0.179. The van der Waals surface area contributed by atoms with E-state index in [0.29, 0.717) is 5.92 Å². The smallest absolute Gasteiger partial charge is 0.0957 e. The summed E-state index contributed by atoms with van der Waals surface area (Å²) in [6, 6.07) is 2.20. The summed E-state index contributed by atoms with van der Waals surface area (Å²) in [6.07, 6.45) is 2.70. The highest BCUT2D eigenvalue weighted by Gasteiger charge is 2.29. The van der Waals surface area contributed by atoms with Gasteiger partial charge in [0.25, 0.3) is 0 Å². The first-order valence-corrected chi connectivity index (χ1v) is 8.23. The van der Waals surface area contributed by atoms with E-state index in [4.69, 9.17) is 4.74 Å². The van der Waals surface area contributed by atoms with Crippen LogP contribution in [0.2, 0.25) is 0 Å². The number of halogens is 1. The van der Waals surface area contributed by atoms with Crippen LogP contribution in [0.4, 0.5) is 0 Å². The Morgan fingerprint density at radius 2 is 2.28 bits per heavy atom. The average Bonchev–Trinajstić information content (AvgIpc) is 2.72. The number of rotatable bonds is 3. The predicted molar refractivity (Wildman–Crippen MR) is 81.2 cm³/mol. The van der Waals surface area contributed by atoms with E-state index in [-0.39, 0.29) is 11.6 Å². The standard InChI is InChI=1S/C14H22BrNOS/c1-14(2,3)16-8-10-5-4-6-17-13(10)12-7-11(15)9-18-12/h7,9-10,13,16H,4-6,8H2,1-3H3. The molecule has 1 saturated heterocycles. The molecule has 4 heteroatoms. The summed E-state index contributed by atoms with van der Waals surface area (Å²) in [5.74, 6) is 0.587. The lowest BCUT2D eigenvalue weighted by atomic mass is 9.92. The quantitative estimate of drug-likeness (QED) is 0.888. The number of thiophene rings is 1. The fourth-order valence-corrected chi connectivity index (χ4v) is 3.87. The van der Waals surface area contributed by atoms with Crippen LogP contribution in [0.5, 0.6) is 0 Å². The normalized spacial score (nSPS) is 25.3. The van der Waals surface area contributed by atoms with Crippen molar-refractivity contribution < 1.29 is 4.74 Å². The van der Waals surface area contributed by atoms with Crippen molar-refractivity contribution in [1.82, 2.24) is 5.32 Å². The summed E-state index contributed by atoms with van der Waals surface area (Å²) in [5.41, 5.74) is 0.179. The van der Waals surface area contributed by atoms with Crippen LogP contribution in [0.25, 0.3) is 0 Å². The van der Waals surface area contributed by atoms with Gasteiger partial charge in [0, 0.05) is 39.3 Å². The van der Waals surface area contributed by atoms with Crippen molar-refractivity contribution in [3.05, 3.63) is 20.8 Å². The Morgan fingerprint density at radius 1 is 1.50 bits per heavy atom. The van der Waals surface area contributed by atoms with Gasteiger partial charge in [0.05, 0.1) is 6.10 Å². The van der Waals surface area contributed by atoms with E-state index in [1.165, 1.54) is 22.2 Å². The van der Waals surface area contributed by atoms with Gasteiger partial charge in [-0.25, -0.2) is 0 Å². The highest BCUT2D eigenvalue weighted by molar-refractivity contribution is 9.10. The van der Waals surface area contributed by atoms with Crippen molar-refractivity contribution in [1.29, 1.82) is 0 Å². The van der Waals surface area contributed by atoms with Gasteiger partial charge in [-0.15, -0.1) is 11.3 Å². The Kier molecular flexibility index (Phi) is 4.86. The molecule has 2 atom stereocenters. The predicted octanol–water partition coefficient (Wildman–Crippen LogP) is 4.37. The lowest BCUT2D eigenvalue weighted by molar-refractivity contribution is -0.0271. The molecule has 1 aliphatic rings. The molecule has 0 spiro atoms. The van der Waals surface area contributed by atoms with Crippen LogP contribution in [0.15, 0.2) is 15.9 Å². The third-order valence-electron chi connectivity index (χ3n) is 3.21. The van der Waals surface area contributed by atoms with Crippen LogP contribution in [0.1, 0.15) is 44.6 Å². The molecule has 18 heavy (non-hydrogen) atoms. The Labute approximate surface area is 122 Å². The Bertz CT molecular complexity index is 385. The van der Waals surface area contributed by atoms with Gasteiger partial charge in [0.2, 0.25) is 0 Å². The van der Waals surface area contributed by atoms with E-state index in [0.717, 1.165) is 13.2 Å². The molecule has 1 N–H and O–H groups in total. The fourth-order valence-electron chi connectivity index (χ4n) is 2.28. The topological polar surface area (TPSA) is 21.3 Å². The van der Waals surface area contributed by atoms with Gasteiger partial charge in [0.15, 0.2) is 0 Å². The van der Waals surface area contributed by atoms with E-state index in [9.17, 15) is 0 Å². The monoisotopic (exact) mass is 331 g/mol. The van der Waals surface area contributed by atoms with Crippen LogP contribution >= 0.6 is 27.3 Å². The van der Waals surface area contributed by atoms with Gasteiger partial charge < -0.3 is 10.1 Å². The largest absolute Gasteiger partial charge is 0.372 e. The number of ether oxygens (including phenoxy) is 1. The van der Waals surface area contributed by atoms with Gasteiger partial charge in [-0.05, 0) is 55.6 Å². The number of hydrogen-bond acceptors (Lipinski definition) is 3. The van der Waals surface area contributed by atoms with E-state index >= 15 is 0 Å². The first kappa shape index (κ1) is 14.5. The van der Waals surface area contributed by atoms with Crippen LogP contribution in [0, 0.1) is 5.92 Å². The molecule has 1 fully saturated rings. The van der Waals surface area contributed by atoms with Gasteiger partial charge >= 0.3 is 0 Å². The van der Waals surface area contributed by atoms with Crippen LogP contribution in [0.3, 0.4) is 0 Å². The zero-order valence-corrected chi connectivity index (χ0v) is 13.7. The molecule has 1 aliphatic heterocycles. The second-order valence-corrected chi connectivity index (χ2v) is 7.85. The zero-order chi connectivity index (χ0) is 13.2. The zero-order valence-electron chi connectivity index (χ0n) is 11.3. The van der Waals surface area contributed by atoms with E-state index in [2.05, 4.69) is 53.5 Å². The van der Waals surface area contributed by atoms with Crippen LogP contribution in [-0.4, -0.2) is 18.7 Å².